The van der Waals surface area contributed by atoms with Gasteiger partial charge in [-0.3, -0.25) is 4.79 Å². The quantitative estimate of drug-likeness (QED) is 0.660. The summed E-state index contributed by atoms with van der Waals surface area (Å²) in [5.41, 5.74) is 0.960. The molecule has 0 radical (unpaired) electrons. The normalized spacial score (nSPS) is 15.1. The molecule has 160 valence electrons. The Hall–Kier alpha value is -3.41. The van der Waals surface area contributed by atoms with E-state index in [1.807, 2.05) is 59.5 Å². The number of rotatable bonds is 5. The molecule has 2 aromatic carbocycles. The third kappa shape index (κ3) is 4.38. The molecule has 31 heavy (non-hydrogen) atoms. The van der Waals surface area contributed by atoms with Gasteiger partial charge in [0.1, 0.15) is 11.4 Å². The van der Waals surface area contributed by atoms with Crippen molar-refractivity contribution in [3.63, 3.8) is 0 Å². The minimum atomic E-state index is -1.31. The van der Waals surface area contributed by atoms with Crippen LogP contribution in [0.2, 0.25) is 0 Å². The predicted molar refractivity (Wildman–Crippen MR) is 118 cm³/mol. The van der Waals surface area contributed by atoms with Crippen molar-refractivity contribution < 1.29 is 19.4 Å². The third-order valence-electron chi connectivity index (χ3n) is 5.84. The second kappa shape index (κ2) is 8.38. The summed E-state index contributed by atoms with van der Waals surface area (Å²) < 4.78 is 5.84. The van der Waals surface area contributed by atoms with Gasteiger partial charge in [-0.25, -0.2) is 9.78 Å². The Labute approximate surface area is 181 Å². The smallest absolute Gasteiger partial charge is 0.347 e. The number of piperidine rings is 1. The van der Waals surface area contributed by atoms with Crippen LogP contribution in [0.15, 0.2) is 60.7 Å². The Balaban J connectivity index is 1.46. The average molecular weight is 418 g/mol. The van der Waals surface area contributed by atoms with E-state index in [-0.39, 0.29) is 11.8 Å². The van der Waals surface area contributed by atoms with E-state index in [9.17, 15) is 14.7 Å². The van der Waals surface area contributed by atoms with Crippen LogP contribution < -0.4 is 4.74 Å². The van der Waals surface area contributed by atoms with Crippen LogP contribution in [0, 0.1) is 0 Å². The Morgan fingerprint density at radius 1 is 1.00 bits per heavy atom. The zero-order valence-corrected chi connectivity index (χ0v) is 17.7. The monoisotopic (exact) mass is 418 g/mol. The zero-order valence-electron chi connectivity index (χ0n) is 17.7. The number of aromatic nitrogens is 1. The summed E-state index contributed by atoms with van der Waals surface area (Å²) in [5.74, 6) is -0.267. The van der Waals surface area contributed by atoms with Gasteiger partial charge in [0.25, 0.3) is 5.91 Å². The molecule has 0 unspecified atom stereocenters. The van der Waals surface area contributed by atoms with E-state index >= 15 is 0 Å². The molecule has 0 saturated carbocycles. The Morgan fingerprint density at radius 3 is 2.42 bits per heavy atom. The lowest BCUT2D eigenvalue weighted by atomic mass is 9.88. The van der Waals surface area contributed by atoms with E-state index in [0.29, 0.717) is 24.5 Å². The molecule has 0 aliphatic carbocycles. The fourth-order valence-corrected chi connectivity index (χ4v) is 3.97. The summed E-state index contributed by atoms with van der Waals surface area (Å²) in [7, 11) is 0. The van der Waals surface area contributed by atoms with Crippen LogP contribution in [0.5, 0.6) is 5.75 Å². The van der Waals surface area contributed by atoms with Gasteiger partial charge in [-0.1, -0.05) is 42.5 Å². The molecule has 0 bridgehead atoms. The molecule has 1 N–H and O–H groups in total. The van der Waals surface area contributed by atoms with Gasteiger partial charge in [-0.2, -0.15) is 0 Å². The zero-order chi connectivity index (χ0) is 22.0. The number of fused-ring (bicyclic) bond motifs is 1. The van der Waals surface area contributed by atoms with Gasteiger partial charge in [0.15, 0.2) is 5.60 Å². The highest BCUT2D eigenvalue weighted by Crippen LogP contribution is 2.36. The van der Waals surface area contributed by atoms with Crippen molar-refractivity contribution in [1.29, 1.82) is 0 Å². The molecule has 4 rings (SSSR count). The van der Waals surface area contributed by atoms with Crippen molar-refractivity contribution in [1.82, 2.24) is 9.88 Å². The fourth-order valence-electron chi connectivity index (χ4n) is 3.97. The van der Waals surface area contributed by atoms with Gasteiger partial charge < -0.3 is 14.7 Å². The first-order valence-corrected chi connectivity index (χ1v) is 10.5. The van der Waals surface area contributed by atoms with Gasteiger partial charge >= 0.3 is 5.97 Å². The fraction of sp³-hybridized carbons (Fsp3) is 0.320. The first-order chi connectivity index (χ1) is 14.8. The number of aliphatic carboxylic acids is 1. The van der Waals surface area contributed by atoms with Crippen LogP contribution in [0.4, 0.5) is 0 Å². The van der Waals surface area contributed by atoms with Gasteiger partial charge in [0.05, 0.1) is 5.52 Å². The number of carbonyl (C=O) groups is 2. The Kier molecular flexibility index (Phi) is 5.63. The molecule has 0 atom stereocenters. The van der Waals surface area contributed by atoms with Crippen molar-refractivity contribution in [3.8, 4) is 5.75 Å². The van der Waals surface area contributed by atoms with Crippen molar-refractivity contribution >= 4 is 22.8 Å². The molecular weight excluding hydrogens is 392 g/mol. The van der Waals surface area contributed by atoms with Gasteiger partial charge in [-0.15, -0.1) is 0 Å². The number of ether oxygens (including phenoxy) is 1. The Morgan fingerprint density at radius 2 is 1.68 bits per heavy atom. The van der Waals surface area contributed by atoms with E-state index in [2.05, 4.69) is 4.98 Å². The van der Waals surface area contributed by atoms with E-state index in [1.165, 1.54) is 0 Å². The van der Waals surface area contributed by atoms with Crippen molar-refractivity contribution in [2.24, 2.45) is 0 Å². The van der Waals surface area contributed by atoms with Gasteiger partial charge in [0.2, 0.25) is 0 Å². The lowest BCUT2D eigenvalue weighted by molar-refractivity contribution is -0.152. The molecule has 1 saturated heterocycles. The van der Waals surface area contributed by atoms with Gasteiger partial charge in [-0.05, 0) is 56.4 Å². The molecule has 1 amide bonds. The summed E-state index contributed by atoms with van der Waals surface area (Å²) in [6, 6.07) is 19.1. The number of amides is 1. The van der Waals surface area contributed by atoms with Crippen LogP contribution in [-0.2, 0) is 4.79 Å². The number of para-hydroxylation sites is 2. The molecule has 1 aliphatic heterocycles. The molecule has 6 heteroatoms. The first-order valence-electron chi connectivity index (χ1n) is 10.5. The molecule has 1 aliphatic rings. The summed E-state index contributed by atoms with van der Waals surface area (Å²) in [4.78, 5) is 30.8. The van der Waals surface area contributed by atoms with E-state index in [1.54, 1.807) is 19.9 Å². The van der Waals surface area contributed by atoms with E-state index in [4.69, 9.17) is 4.74 Å². The number of hydrogen-bond acceptors (Lipinski definition) is 4. The third-order valence-corrected chi connectivity index (χ3v) is 5.84. The number of carbonyl (C=O) groups excluding carboxylic acids is 1. The number of hydrogen-bond donors (Lipinski definition) is 1. The highest BCUT2D eigenvalue weighted by atomic mass is 16.5. The maximum atomic E-state index is 13.0. The minimum Gasteiger partial charge on any atom is -0.478 e. The SMILES string of the molecule is CC(C)(Oc1ccccc1C1CCN(C(=O)c2ccc3ccccc3n2)CC1)C(=O)O. The molecule has 6 nitrogen and oxygen atoms in total. The molecular formula is C25H26N2O4. The Bertz CT molecular complexity index is 1120. The number of nitrogens with zero attached hydrogens (tertiary/aromatic N) is 2. The van der Waals surface area contributed by atoms with E-state index in [0.717, 1.165) is 29.3 Å². The van der Waals surface area contributed by atoms with Crippen LogP contribution >= 0.6 is 0 Å². The molecule has 1 fully saturated rings. The summed E-state index contributed by atoms with van der Waals surface area (Å²) in [6.07, 6.45) is 1.57. The number of carboxylic acids is 1. The number of likely N-dealkylation sites (tertiary alicyclic amines) is 1. The lowest BCUT2D eigenvalue weighted by Crippen LogP contribution is -2.39. The second-order valence-corrected chi connectivity index (χ2v) is 8.41. The van der Waals surface area contributed by atoms with Crippen molar-refractivity contribution in [2.75, 3.05) is 13.1 Å². The predicted octanol–water partition coefficient (Wildman–Crippen LogP) is 4.50. The molecule has 2 heterocycles. The summed E-state index contributed by atoms with van der Waals surface area (Å²) in [5, 5.41) is 10.4. The summed E-state index contributed by atoms with van der Waals surface area (Å²) >= 11 is 0. The van der Waals surface area contributed by atoms with Crippen molar-refractivity contribution in [2.45, 2.75) is 38.2 Å². The van der Waals surface area contributed by atoms with Crippen LogP contribution in [0.1, 0.15) is 48.7 Å². The lowest BCUT2D eigenvalue weighted by Gasteiger charge is -2.33. The van der Waals surface area contributed by atoms with Crippen molar-refractivity contribution in [3.05, 3.63) is 71.9 Å². The highest BCUT2D eigenvalue weighted by molar-refractivity contribution is 5.95. The largest absolute Gasteiger partial charge is 0.478 e. The highest BCUT2D eigenvalue weighted by Gasteiger charge is 2.32. The summed E-state index contributed by atoms with van der Waals surface area (Å²) in [6.45, 7) is 4.33. The van der Waals surface area contributed by atoms with Gasteiger partial charge in [0, 0.05) is 18.5 Å². The van der Waals surface area contributed by atoms with Crippen LogP contribution in [0.3, 0.4) is 0 Å². The molecule has 1 aromatic heterocycles. The maximum absolute atomic E-state index is 13.0. The first kappa shape index (κ1) is 20.8. The molecule has 0 spiro atoms. The standard InChI is InChI=1S/C25H26N2O4/c1-25(2,24(29)30)31-22-10-6-4-8-19(22)17-13-15-27(16-14-17)23(28)21-12-11-18-7-3-5-9-20(18)26-21/h3-12,17H,13-16H2,1-2H3,(H,29,30). The van der Waals surface area contributed by atoms with E-state index < -0.39 is 11.6 Å². The number of benzene rings is 2. The minimum absolute atomic E-state index is 0.0549. The average Bonchev–Trinajstić information content (AvgIpc) is 2.78. The van der Waals surface area contributed by atoms with Crippen LogP contribution in [0.25, 0.3) is 10.9 Å². The topological polar surface area (TPSA) is 79.7 Å². The second-order valence-electron chi connectivity index (χ2n) is 8.41. The number of pyridine rings is 1. The molecule has 3 aromatic rings. The maximum Gasteiger partial charge on any atom is 0.347 e. The van der Waals surface area contributed by atoms with Crippen LogP contribution in [-0.4, -0.2) is 45.6 Å². The number of carboxylic acid groups (broad SMARTS) is 1.